The summed E-state index contributed by atoms with van der Waals surface area (Å²) in [6.07, 6.45) is 2.06. The molecule has 0 amide bonds. The van der Waals surface area contributed by atoms with E-state index in [1.807, 2.05) is 4.90 Å². The maximum atomic E-state index is 13.6. The van der Waals surface area contributed by atoms with Gasteiger partial charge in [-0.05, 0) is 30.9 Å². The molecule has 0 heterocycles. The third-order valence-corrected chi connectivity index (χ3v) is 3.01. The Morgan fingerprint density at radius 3 is 2.67 bits per heavy atom. The maximum Gasteiger partial charge on any atom is 0.327 e. The number of para-hydroxylation sites is 1. The Labute approximate surface area is 106 Å². The Bertz CT molecular complexity index is 458. The Morgan fingerprint density at radius 1 is 1.50 bits per heavy atom. The fraction of sp³-hybridized carbons (Fsp3) is 0.538. The average Bonchev–Trinajstić information content (AvgIpc) is 3.08. The summed E-state index contributed by atoms with van der Waals surface area (Å²) in [4.78, 5) is 12.4. The molecule has 1 aliphatic carbocycles. The van der Waals surface area contributed by atoms with Crippen LogP contribution in [0.5, 0.6) is 0 Å². The molecule has 1 aromatic rings. The molecule has 0 atom stereocenters. The quantitative estimate of drug-likeness (QED) is 0.596. The van der Waals surface area contributed by atoms with E-state index in [1.165, 1.54) is 6.07 Å². The third kappa shape index (κ3) is 2.60. The molecule has 0 bridgehead atoms. The first kappa shape index (κ1) is 12.8. The average molecular weight is 252 g/mol. The van der Waals surface area contributed by atoms with Gasteiger partial charge in [0.2, 0.25) is 5.82 Å². The summed E-state index contributed by atoms with van der Waals surface area (Å²) in [7, 11) is 0. The molecule has 0 radical (unpaired) electrons. The van der Waals surface area contributed by atoms with Crippen LogP contribution < -0.4 is 4.90 Å². The molecule has 18 heavy (non-hydrogen) atoms. The van der Waals surface area contributed by atoms with Crippen molar-refractivity contribution in [3.63, 3.8) is 0 Å². The molecule has 98 valence electrons. The number of halogens is 1. The van der Waals surface area contributed by atoms with E-state index in [9.17, 15) is 14.5 Å². The van der Waals surface area contributed by atoms with Crippen molar-refractivity contribution in [3.05, 3.63) is 34.1 Å². The number of benzene rings is 1. The Balaban J connectivity index is 2.40. The smallest absolute Gasteiger partial charge is 0.327 e. The van der Waals surface area contributed by atoms with Gasteiger partial charge in [-0.15, -0.1) is 0 Å². The van der Waals surface area contributed by atoms with E-state index in [-0.39, 0.29) is 0 Å². The second kappa shape index (κ2) is 4.92. The van der Waals surface area contributed by atoms with Crippen molar-refractivity contribution in [2.24, 2.45) is 5.92 Å². The van der Waals surface area contributed by atoms with Gasteiger partial charge < -0.3 is 4.90 Å². The van der Waals surface area contributed by atoms with Crippen LogP contribution in [0, 0.1) is 21.8 Å². The molecule has 0 spiro atoms. The van der Waals surface area contributed by atoms with Crippen LogP contribution in [-0.4, -0.2) is 17.5 Å². The zero-order valence-electron chi connectivity index (χ0n) is 10.6. The second-order valence-corrected chi connectivity index (χ2v) is 5.14. The molecule has 4 nitrogen and oxygen atoms in total. The van der Waals surface area contributed by atoms with Crippen LogP contribution in [0.2, 0.25) is 0 Å². The highest BCUT2D eigenvalue weighted by Crippen LogP contribution is 2.38. The fourth-order valence-corrected chi connectivity index (χ4v) is 2.14. The number of rotatable bonds is 5. The molecule has 2 rings (SSSR count). The topological polar surface area (TPSA) is 46.4 Å². The van der Waals surface area contributed by atoms with Gasteiger partial charge in [0, 0.05) is 12.6 Å². The standard InChI is InChI=1S/C13H17FN2O2/c1-9(2)8-15(10-6-7-10)12-5-3-4-11(14)13(12)16(17)18/h3-5,9-10H,6-8H2,1-2H3. The summed E-state index contributed by atoms with van der Waals surface area (Å²) >= 11 is 0. The van der Waals surface area contributed by atoms with Gasteiger partial charge in [-0.1, -0.05) is 19.9 Å². The monoisotopic (exact) mass is 252 g/mol. The van der Waals surface area contributed by atoms with Gasteiger partial charge in [0.25, 0.3) is 0 Å². The summed E-state index contributed by atoms with van der Waals surface area (Å²) in [5, 5.41) is 11.0. The van der Waals surface area contributed by atoms with E-state index in [0.29, 0.717) is 17.6 Å². The number of nitro groups is 1. The summed E-state index contributed by atoms with van der Waals surface area (Å²) in [6.45, 7) is 4.83. The van der Waals surface area contributed by atoms with E-state index in [0.717, 1.165) is 25.5 Å². The molecule has 0 N–H and O–H groups in total. The van der Waals surface area contributed by atoms with Gasteiger partial charge in [-0.2, -0.15) is 4.39 Å². The molecule has 0 saturated heterocycles. The normalized spacial score (nSPS) is 14.9. The van der Waals surface area contributed by atoms with Crippen molar-refractivity contribution < 1.29 is 9.31 Å². The molecule has 1 saturated carbocycles. The van der Waals surface area contributed by atoms with Gasteiger partial charge >= 0.3 is 5.69 Å². The first-order chi connectivity index (χ1) is 8.50. The van der Waals surface area contributed by atoms with Crippen molar-refractivity contribution in [2.45, 2.75) is 32.7 Å². The summed E-state index contributed by atoms with van der Waals surface area (Å²) in [5.41, 5.74) is 0.0150. The molecule has 1 fully saturated rings. The number of hydrogen-bond acceptors (Lipinski definition) is 3. The molecular weight excluding hydrogens is 235 g/mol. The fourth-order valence-electron chi connectivity index (χ4n) is 2.14. The van der Waals surface area contributed by atoms with Crippen molar-refractivity contribution in [3.8, 4) is 0 Å². The Kier molecular flexibility index (Phi) is 3.50. The van der Waals surface area contributed by atoms with Crippen LogP contribution in [0.4, 0.5) is 15.8 Å². The summed E-state index contributed by atoms with van der Waals surface area (Å²) in [5.74, 6) is -0.375. The molecule has 5 heteroatoms. The molecule has 0 aromatic heterocycles. The molecule has 1 aliphatic rings. The van der Waals surface area contributed by atoms with Crippen LogP contribution >= 0.6 is 0 Å². The highest BCUT2D eigenvalue weighted by molar-refractivity contribution is 5.65. The number of nitrogens with zero attached hydrogens (tertiary/aromatic N) is 2. The predicted octanol–water partition coefficient (Wildman–Crippen LogP) is 3.36. The minimum atomic E-state index is -0.757. The van der Waals surface area contributed by atoms with Crippen LogP contribution in [0.25, 0.3) is 0 Å². The van der Waals surface area contributed by atoms with E-state index < -0.39 is 16.4 Å². The SMILES string of the molecule is CC(C)CN(c1cccc(F)c1[N+](=O)[O-])C1CC1. The van der Waals surface area contributed by atoms with E-state index in [1.54, 1.807) is 6.07 Å². The Morgan fingerprint density at radius 2 is 2.17 bits per heavy atom. The Hall–Kier alpha value is -1.65. The van der Waals surface area contributed by atoms with Crippen molar-refractivity contribution >= 4 is 11.4 Å². The van der Waals surface area contributed by atoms with Crippen LogP contribution in [0.3, 0.4) is 0 Å². The van der Waals surface area contributed by atoms with E-state index >= 15 is 0 Å². The largest absolute Gasteiger partial charge is 0.363 e. The zero-order chi connectivity index (χ0) is 13.3. The lowest BCUT2D eigenvalue weighted by Gasteiger charge is -2.26. The van der Waals surface area contributed by atoms with Crippen LogP contribution in [-0.2, 0) is 0 Å². The van der Waals surface area contributed by atoms with Gasteiger partial charge in [0.05, 0.1) is 4.92 Å². The van der Waals surface area contributed by atoms with Crippen molar-refractivity contribution in [1.29, 1.82) is 0 Å². The lowest BCUT2D eigenvalue weighted by Crippen LogP contribution is -2.30. The van der Waals surface area contributed by atoms with Crippen LogP contribution in [0.1, 0.15) is 26.7 Å². The minimum Gasteiger partial charge on any atom is -0.363 e. The first-order valence-corrected chi connectivity index (χ1v) is 6.20. The minimum absolute atomic E-state index is 0.327. The number of hydrogen-bond donors (Lipinski definition) is 0. The summed E-state index contributed by atoms with van der Waals surface area (Å²) < 4.78 is 13.6. The molecular formula is C13H17FN2O2. The maximum absolute atomic E-state index is 13.6. The highest BCUT2D eigenvalue weighted by Gasteiger charge is 2.34. The lowest BCUT2D eigenvalue weighted by molar-refractivity contribution is -0.386. The molecule has 0 aliphatic heterocycles. The first-order valence-electron chi connectivity index (χ1n) is 6.20. The van der Waals surface area contributed by atoms with E-state index in [2.05, 4.69) is 13.8 Å². The van der Waals surface area contributed by atoms with Crippen LogP contribution in [0.15, 0.2) is 18.2 Å². The predicted molar refractivity (Wildman–Crippen MR) is 68.3 cm³/mol. The van der Waals surface area contributed by atoms with Gasteiger partial charge in [0.1, 0.15) is 5.69 Å². The molecule has 0 unspecified atom stereocenters. The zero-order valence-corrected chi connectivity index (χ0v) is 10.6. The molecule has 1 aromatic carbocycles. The lowest BCUT2D eigenvalue weighted by atomic mass is 10.1. The van der Waals surface area contributed by atoms with Crippen molar-refractivity contribution in [2.75, 3.05) is 11.4 Å². The van der Waals surface area contributed by atoms with Gasteiger partial charge in [0.15, 0.2) is 0 Å². The number of anilines is 1. The van der Waals surface area contributed by atoms with Gasteiger partial charge in [-0.25, -0.2) is 0 Å². The highest BCUT2D eigenvalue weighted by atomic mass is 19.1. The van der Waals surface area contributed by atoms with Gasteiger partial charge in [-0.3, -0.25) is 10.1 Å². The number of nitro benzene ring substituents is 1. The third-order valence-electron chi connectivity index (χ3n) is 3.01. The summed E-state index contributed by atoms with van der Waals surface area (Å²) in [6, 6.07) is 4.64. The van der Waals surface area contributed by atoms with Crippen molar-refractivity contribution in [1.82, 2.24) is 0 Å². The van der Waals surface area contributed by atoms with E-state index in [4.69, 9.17) is 0 Å². The second-order valence-electron chi connectivity index (χ2n) is 5.14.